The Hall–Kier alpha value is -0.570. The molecule has 0 radical (unpaired) electrons. The van der Waals surface area contributed by atoms with Crippen LogP contribution in [-0.4, -0.2) is 42.0 Å². The summed E-state index contributed by atoms with van der Waals surface area (Å²) < 4.78 is 38.1. The summed E-state index contributed by atoms with van der Waals surface area (Å²) in [6.07, 6.45) is 0.798. The van der Waals surface area contributed by atoms with Crippen molar-refractivity contribution in [3.8, 4) is 5.75 Å². The SMILES string of the molecule is COCCCOCCOc1cc(Cl)c(S(N)(=O)=O)cc1Cl. The number of halogens is 2. The fraction of sp³-hybridized carbons (Fsp3) is 0.500. The van der Waals surface area contributed by atoms with Gasteiger partial charge in [0.25, 0.3) is 0 Å². The lowest BCUT2D eigenvalue weighted by Crippen LogP contribution is -2.13. The first-order chi connectivity index (χ1) is 9.86. The van der Waals surface area contributed by atoms with Crippen molar-refractivity contribution < 1.29 is 22.6 Å². The Bertz CT molecular complexity index is 565. The molecular formula is C12H17Cl2NO5S. The van der Waals surface area contributed by atoms with E-state index in [-0.39, 0.29) is 27.3 Å². The van der Waals surface area contributed by atoms with E-state index in [4.69, 9.17) is 42.6 Å². The van der Waals surface area contributed by atoms with Gasteiger partial charge in [-0.15, -0.1) is 0 Å². The number of methoxy groups -OCH3 is 1. The van der Waals surface area contributed by atoms with Gasteiger partial charge in [0, 0.05) is 26.4 Å². The van der Waals surface area contributed by atoms with Gasteiger partial charge in [0.15, 0.2) is 0 Å². The highest BCUT2D eigenvalue weighted by atomic mass is 35.5. The van der Waals surface area contributed by atoms with E-state index in [0.717, 1.165) is 12.5 Å². The van der Waals surface area contributed by atoms with E-state index in [9.17, 15) is 8.42 Å². The van der Waals surface area contributed by atoms with Crippen LogP contribution in [0.15, 0.2) is 17.0 Å². The molecule has 0 bridgehead atoms. The molecule has 0 aliphatic rings. The standard InChI is InChI=1S/C12H17Cl2NO5S/c1-18-3-2-4-19-5-6-20-11-7-10(14)12(8-9(11)13)21(15,16)17/h7-8H,2-6H2,1H3,(H2,15,16,17). The maximum atomic E-state index is 11.3. The molecule has 0 saturated carbocycles. The quantitative estimate of drug-likeness (QED) is 0.683. The summed E-state index contributed by atoms with van der Waals surface area (Å²) in [5, 5.41) is 5.08. The molecule has 0 saturated heterocycles. The van der Waals surface area contributed by atoms with Crippen molar-refractivity contribution in [2.45, 2.75) is 11.3 Å². The second-order valence-electron chi connectivity index (χ2n) is 4.07. The van der Waals surface area contributed by atoms with Crippen LogP contribution < -0.4 is 9.88 Å². The highest BCUT2D eigenvalue weighted by Gasteiger charge is 2.16. The van der Waals surface area contributed by atoms with Crippen molar-refractivity contribution in [1.29, 1.82) is 0 Å². The third kappa shape index (κ3) is 6.37. The van der Waals surface area contributed by atoms with Gasteiger partial charge in [-0.05, 0) is 12.5 Å². The molecule has 0 unspecified atom stereocenters. The third-order valence-electron chi connectivity index (χ3n) is 2.42. The van der Waals surface area contributed by atoms with E-state index in [1.165, 1.54) is 6.07 Å². The van der Waals surface area contributed by atoms with Gasteiger partial charge in [-0.25, -0.2) is 13.6 Å². The van der Waals surface area contributed by atoms with Crippen LogP contribution in [0.3, 0.4) is 0 Å². The average Bonchev–Trinajstić information content (AvgIpc) is 2.39. The number of hydrogen-bond donors (Lipinski definition) is 1. The summed E-state index contributed by atoms with van der Waals surface area (Å²) in [5.41, 5.74) is 0. The van der Waals surface area contributed by atoms with Gasteiger partial charge in [0.2, 0.25) is 10.0 Å². The maximum Gasteiger partial charge on any atom is 0.239 e. The molecule has 0 aliphatic heterocycles. The molecule has 0 fully saturated rings. The summed E-state index contributed by atoms with van der Waals surface area (Å²) in [6.45, 7) is 1.83. The number of primary sulfonamides is 1. The molecular weight excluding hydrogens is 341 g/mol. The van der Waals surface area contributed by atoms with Crippen molar-refractivity contribution in [3.05, 3.63) is 22.2 Å². The molecule has 6 nitrogen and oxygen atoms in total. The van der Waals surface area contributed by atoms with E-state index in [2.05, 4.69) is 0 Å². The molecule has 0 aromatic heterocycles. The van der Waals surface area contributed by atoms with Crippen molar-refractivity contribution in [2.24, 2.45) is 5.14 Å². The Morgan fingerprint density at radius 1 is 1.10 bits per heavy atom. The summed E-state index contributed by atoms with van der Waals surface area (Å²) >= 11 is 11.8. The average molecular weight is 358 g/mol. The Morgan fingerprint density at radius 2 is 1.81 bits per heavy atom. The minimum absolute atomic E-state index is 0.0436. The summed E-state index contributed by atoms with van der Waals surface area (Å²) in [6, 6.07) is 2.47. The number of benzene rings is 1. The Labute approximate surface area is 134 Å². The smallest absolute Gasteiger partial charge is 0.239 e. The molecule has 9 heteroatoms. The fourth-order valence-electron chi connectivity index (χ4n) is 1.46. The minimum atomic E-state index is -3.92. The van der Waals surface area contributed by atoms with Crippen LogP contribution >= 0.6 is 23.2 Å². The zero-order chi connectivity index (χ0) is 15.9. The van der Waals surface area contributed by atoms with Crippen molar-refractivity contribution in [2.75, 3.05) is 33.5 Å². The van der Waals surface area contributed by atoms with Gasteiger partial charge in [0.1, 0.15) is 17.3 Å². The van der Waals surface area contributed by atoms with Crippen LogP contribution in [0.25, 0.3) is 0 Å². The van der Waals surface area contributed by atoms with Gasteiger partial charge in [-0.1, -0.05) is 23.2 Å². The van der Waals surface area contributed by atoms with Crippen LogP contribution in [0.4, 0.5) is 0 Å². The number of nitrogens with two attached hydrogens (primary N) is 1. The molecule has 0 spiro atoms. The molecule has 1 aromatic carbocycles. The largest absolute Gasteiger partial charge is 0.490 e. The Kier molecular flexibility index (Phi) is 7.72. The first-order valence-corrected chi connectivity index (χ1v) is 8.38. The van der Waals surface area contributed by atoms with Gasteiger partial charge in [-0.3, -0.25) is 0 Å². The molecule has 0 aliphatic carbocycles. The highest BCUT2D eigenvalue weighted by Crippen LogP contribution is 2.32. The Balaban J connectivity index is 2.52. The van der Waals surface area contributed by atoms with Crippen LogP contribution in [0.5, 0.6) is 5.75 Å². The number of rotatable bonds is 9. The number of ether oxygens (including phenoxy) is 3. The molecule has 21 heavy (non-hydrogen) atoms. The lowest BCUT2D eigenvalue weighted by atomic mass is 10.3. The molecule has 0 amide bonds. The zero-order valence-electron chi connectivity index (χ0n) is 11.5. The normalized spacial score (nSPS) is 11.6. The monoisotopic (exact) mass is 357 g/mol. The molecule has 120 valence electrons. The lowest BCUT2D eigenvalue weighted by Gasteiger charge is -2.11. The van der Waals surface area contributed by atoms with E-state index in [0.29, 0.717) is 19.8 Å². The molecule has 1 rings (SSSR count). The maximum absolute atomic E-state index is 11.3. The second-order valence-corrected chi connectivity index (χ2v) is 6.41. The fourth-order valence-corrected chi connectivity index (χ4v) is 2.83. The van der Waals surface area contributed by atoms with E-state index >= 15 is 0 Å². The number of hydrogen-bond acceptors (Lipinski definition) is 5. The van der Waals surface area contributed by atoms with E-state index < -0.39 is 10.0 Å². The first kappa shape index (κ1) is 18.5. The predicted molar refractivity (Wildman–Crippen MR) is 80.6 cm³/mol. The summed E-state index contributed by atoms with van der Waals surface area (Å²) in [7, 11) is -2.29. The lowest BCUT2D eigenvalue weighted by molar-refractivity contribution is 0.0806. The molecule has 1 aromatic rings. The third-order valence-corrected chi connectivity index (χ3v) is 4.09. The summed E-state index contributed by atoms with van der Waals surface area (Å²) in [5.74, 6) is 0.273. The zero-order valence-corrected chi connectivity index (χ0v) is 13.8. The van der Waals surface area contributed by atoms with Gasteiger partial charge in [0.05, 0.1) is 16.7 Å². The van der Waals surface area contributed by atoms with E-state index in [1.807, 2.05) is 0 Å². The van der Waals surface area contributed by atoms with Crippen LogP contribution in [0.1, 0.15) is 6.42 Å². The van der Waals surface area contributed by atoms with Gasteiger partial charge >= 0.3 is 0 Å². The predicted octanol–water partition coefficient (Wildman–Crippen LogP) is 2.07. The van der Waals surface area contributed by atoms with Crippen molar-refractivity contribution in [1.82, 2.24) is 0 Å². The minimum Gasteiger partial charge on any atom is -0.490 e. The highest BCUT2D eigenvalue weighted by molar-refractivity contribution is 7.89. The van der Waals surface area contributed by atoms with Crippen molar-refractivity contribution >= 4 is 33.2 Å². The van der Waals surface area contributed by atoms with Gasteiger partial charge in [-0.2, -0.15) is 0 Å². The second kappa shape index (κ2) is 8.77. The molecule has 0 atom stereocenters. The molecule has 2 N–H and O–H groups in total. The molecule has 0 heterocycles. The van der Waals surface area contributed by atoms with Crippen LogP contribution in [0.2, 0.25) is 10.0 Å². The number of sulfonamides is 1. The summed E-state index contributed by atoms with van der Waals surface area (Å²) in [4.78, 5) is -0.239. The van der Waals surface area contributed by atoms with E-state index in [1.54, 1.807) is 7.11 Å². The topological polar surface area (TPSA) is 87.8 Å². The van der Waals surface area contributed by atoms with Crippen LogP contribution in [-0.2, 0) is 19.5 Å². The Morgan fingerprint density at radius 3 is 2.43 bits per heavy atom. The van der Waals surface area contributed by atoms with Crippen LogP contribution in [0, 0.1) is 0 Å². The first-order valence-electron chi connectivity index (χ1n) is 6.07. The van der Waals surface area contributed by atoms with Gasteiger partial charge < -0.3 is 14.2 Å². The van der Waals surface area contributed by atoms with Crippen molar-refractivity contribution in [3.63, 3.8) is 0 Å².